The largest absolute Gasteiger partial charge is 0.352 e. The lowest BCUT2D eigenvalue weighted by Crippen LogP contribution is -2.50. The normalized spacial score (nSPS) is 12.8. The lowest BCUT2D eigenvalue weighted by atomic mass is 10.1. The molecule has 0 radical (unpaired) electrons. The summed E-state index contributed by atoms with van der Waals surface area (Å²) in [4.78, 5) is 27.7. The minimum absolute atomic E-state index is 0.0470. The summed E-state index contributed by atoms with van der Waals surface area (Å²) in [6.45, 7) is 6.17. The predicted octanol–water partition coefficient (Wildman–Crippen LogP) is 5.17. The summed E-state index contributed by atoms with van der Waals surface area (Å²) < 4.78 is 13.3. The molecule has 168 valence electrons. The van der Waals surface area contributed by atoms with Crippen LogP contribution in [-0.4, -0.2) is 34.6 Å². The molecule has 0 fully saturated rings. The molecule has 0 aliphatic heterocycles. The number of thioether (sulfide) groups is 1. The van der Waals surface area contributed by atoms with Crippen LogP contribution >= 0.6 is 11.8 Å². The highest BCUT2D eigenvalue weighted by Gasteiger charge is 2.28. The number of carbonyl (C=O) groups excluding carboxylic acids is 2. The van der Waals surface area contributed by atoms with Gasteiger partial charge in [-0.05, 0) is 43.0 Å². The second-order valence-corrected chi connectivity index (χ2v) is 8.78. The van der Waals surface area contributed by atoms with Gasteiger partial charge in [-0.3, -0.25) is 9.59 Å². The van der Waals surface area contributed by atoms with Crippen molar-refractivity contribution in [1.82, 2.24) is 10.2 Å². The third-order valence-electron chi connectivity index (χ3n) is 5.22. The van der Waals surface area contributed by atoms with E-state index in [1.807, 2.05) is 39.0 Å². The number of nitrogens with one attached hydrogen (secondary N) is 1. The van der Waals surface area contributed by atoms with Crippen LogP contribution < -0.4 is 5.32 Å². The standard InChI is InChI=1S/C25H33FN2O2S/c1-4-19(3)27-25(30)23(5-2)28(17-20-11-13-22(26)14-12-20)24(29)15-16-31-18-21-9-7-6-8-10-21/h6-14,19,23H,4-5,15-18H2,1-3H3,(H,27,30). The Labute approximate surface area is 189 Å². The van der Waals surface area contributed by atoms with Gasteiger partial charge < -0.3 is 10.2 Å². The average Bonchev–Trinajstić information content (AvgIpc) is 2.78. The zero-order valence-corrected chi connectivity index (χ0v) is 19.5. The number of amides is 2. The quantitative estimate of drug-likeness (QED) is 0.460. The molecule has 6 heteroatoms. The molecule has 4 nitrogen and oxygen atoms in total. The highest BCUT2D eigenvalue weighted by molar-refractivity contribution is 7.98. The Morgan fingerprint density at radius 3 is 2.29 bits per heavy atom. The van der Waals surface area contributed by atoms with Crippen LogP contribution in [-0.2, 0) is 21.9 Å². The fraction of sp³-hybridized carbons (Fsp3) is 0.440. The van der Waals surface area contributed by atoms with Crippen LogP contribution in [0.15, 0.2) is 54.6 Å². The van der Waals surface area contributed by atoms with Crippen molar-refractivity contribution in [3.8, 4) is 0 Å². The van der Waals surface area contributed by atoms with E-state index in [4.69, 9.17) is 0 Å². The molecular formula is C25H33FN2O2S. The summed E-state index contributed by atoms with van der Waals surface area (Å²) in [6.07, 6.45) is 1.70. The lowest BCUT2D eigenvalue weighted by molar-refractivity contribution is -0.141. The molecule has 0 saturated heterocycles. The molecule has 0 aliphatic carbocycles. The van der Waals surface area contributed by atoms with Gasteiger partial charge in [-0.15, -0.1) is 0 Å². The smallest absolute Gasteiger partial charge is 0.243 e. The van der Waals surface area contributed by atoms with Crippen molar-refractivity contribution in [3.63, 3.8) is 0 Å². The van der Waals surface area contributed by atoms with Crippen molar-refractivity contribution >= 4 is 23.6 Å². The summed E-state index contributed by atoms with van der Waals surface area (Å²) in [7, 11) is 0. The van der Waals surface area contributed by atoms with Crippen LogP contribution in [0.25, 0.3) is 0 Å². The summed E-state index contributed by atoms with van der Waals surface area (Å²) in [6, 6.07) is 15.7. The third-order valence-corrected chi connectivity index (χ3v) is 6.26. The van der Waals surface area contributed by atoms with E-state index in [0.29, 0.717) is 18.6 Å². The third kappa shape index (κ3) is 8.37. The van der Waals surface area contributed by atoms with Crippen LogP contribution in [0.5, 0.6) is 0 Å². The fourth-order valence-corrected chi connectivity index (χ4v) is 4.11. The van der Waals surface area contributed by atoms with Gasteiger partial charge in [-0.25, -0.2) is 4.39 Å². The Bertz CT molecular complexity index is 814. The number of halogens is 1. The van der Waals surface area contributed by atoms with E-state index in [0.717, 1.165) is 17.7 Å². The van der Waals surface area contributed by atoms with Crippen LogP contribution in [0.3, 0.4) is 0 Å². The van der Waals surface area contributed by atoms with E-state index in [2.05, 4.69) is 17.4 Å². The first-order valence-electron chi connectivity index (χ1n) is 10.9. The Morgan fingerprint density at radius 1 is 1.00 bits per heavy atom. The van der Waals surface area contributed by atoms with Gasteiger partial charge in [0.1, 0.15) is 11.9 Å². The Morgan fingerprint density at radius 2 is 1.68 bits per heavy atom. The van der Waals surface area contributed by atoms with Crippen molar-refractivity contribution < 1.29 is 14.0 Å². The Kier molecular flexibility index (Phi) is 10.6. The molecule has 1 N–H and O–H groups in total. The molecule has 2 amide bonds. The summed E-state index contributed by atoms with van der Waals surface area (Å²) in [5.74, 6) is 1.01. The van der Waals surface area contributed by atoms with Crippen molar-refractivity contribution in [2.75, 3.05) is 5.75 Å². The van der Waals surface area contributed by atoms with Gasteiger partial charge in [-0.2, -0.15) is 11.8 Å². The second-order valence-electron chi connectivity index (χ2n) is 7.68. The van der Waals surface area contributed by atoms with Gasteiger partial charge in [0.15, 0.2) is 0 Å². The molecular weight excluding hydrogens is 411 g/mol. The molecule has 0 spiro atoms. The number of hydrogen-bond acceptors (Lipinski definition) is 3. The molecule has 31 heavy (non-hydrogen) atoms. The maximum Gasteiger partial charge on any atom is 0.243 e. The SMILES string of the molecule is CCC(C)NC(=O)C(CC)N(Cc1ccc(F)cc1)C(=O)CCSCc1ccccc1. The lowest BCUT2D eigenvalue weighted by Gasteiger charge is -2.31. The second kappa shape index (κ2) is 13.2. The van der Waals surface area contributed by atoms with Gasteiger partial charge in [0.2, 0.25) is 11.8 Å². The van der Waals surface area contributed by atoms with E-state index in [9.17, 15) is 14.0 Å². The molecule has 2 aromatic carbocycles. The first-order valence-corrected chi connectivity index (χ1v) is 12.1. The highest BCUT2D eigenvalue weighted by atomic mass is 32.2. The van der Waals surface area contributed by atoms with E-state index in [1.165, 1.54) is 17.7 Å². The molecule has 0 aromatic heterocycles. The predicted molar refractivity (Wildman–Crippen MR) is 126 cm³/mol. The fourth-order valence-electron chi connectivity index (χ4n) is 3.21. The van der Waals surface area contributed by atoms with Crippen molar-refractivity contribution in [2.45, 2.75) is 64.4 Å². The minimum Gasteiger partial charge on any atom is -0.352 e. The summed E-state index contributed by atoms with van der Waals surface area (Å²) >= 11 is 1.70. The first-order chi connectivity index (χ1) is 14.9. The van der Waals surface area contributed by atoms with E-state index >= 15 is 0 Å². The van der Waals surface area contributed by atoms with Gasteiger partial charge in [-0.1, -0.05) is 56.3 Å². The monoisotopic (exact) mass is 444 g/mol. The van der Waals surface area contributed by atoms with Gasteiger partial charge in [0.05, 0.1) is 0 Å². The molecule has 0 aliphatic rings. The average molecular weight is 445 g/mol. The van der Waals surface area contributed by atoms with Crippen molar-refractivity contribution in [3.05, 3.63) is 71.5 Å². The number of nitrogens with zero attached hydrogens (tertiary/aromatic N) is 1. The summed E-state index contributed by atoms with van der Waals surface area (Å²) in [5, 5.41) is 3.00. The number of hydrogen-bond donors (Lipinski definition) is 1. The van der Waals surface area contributed by atoms with Crippen molar-refractivity contribution in [2.24, 2.45) is 0 Å². The zero-order chi connectivity index (χ0) is 22.6. The molecule has 2 unspecified atom stereocenters. The van der Waals surface area contributed by atoms with Crippen LogP contribution in [0.2, 0.25) is 0 Å². The highest BCUT2D eigenvalue weighted by Crippen LogP contribution is 2.17. The van der Waals surface area contributed by atoms with Crippen molar-refractivity contribution in [1.29, 1.82) is 0 Å². The molecule has 0 bridgehead atoms. The van der Waals surface area contributed by atoms with Gasteiger partial charge in [0, 0.05) is 30.5 Å². The molecule has 2 atom stereocenters. The Balaban J connectivity index is 2.06. The number of benzene rings is 2. The van der Waals surface area contributed by atoms with Crippen LogP contribution in [0, 0.1) is 5.82 Å². The first kappa shape index (κ1) is 24.9. The molecule has 2 aromatic rings. The maximum absolute atomic E-state index is 13.3. The van der Waals surface area contributed by atoms with E-state index in [1.54, 1.807) is 28.8 Å². The van der Waals surface area contributed by atoms with E-state index in [-0.39, 0.29) is 30.2 Å². The Hall–Kier alpha value is -2.34. The topological polar surface area (TPSA) is 49.4 Å². The minimum atomic E-state index is -0.550. The molecule has 0 heterocycles. The zero-order valence-electron chi connectivity index (χ0n) is 18.6. The number of carbonyl (C=O) groups is 2. The van der Waals surface area contributed by atoms with Crippen LogP contribution in [0.1, 0.15) is 51.2 Å². The molecule has 2 rings (SSSR count). The summed E-state index contributed by atoms with van der Waals surface area (Å²) in [5.41, 5.74) is 2.03. The van der Waals surface area contributed by atoms with Crippen LogP contribution in [0.4, 0.5) is 4.39 Å². The van der Waals surface area contributed by atoms with E-state index < -0.39 is 6.04 Å². The van der Waals surface area contributed by atoms with Gasteiger partial charge in [0.25, 0.3) is 0 Å². The molecule has 0 saturated carbocycles. The maximum atomic E-state index is 13.3. The number of rotatable bonds is 12. The van der Waals surface area contributed by atoms with Gasteiger partial charge >= 0.3 is 0 Å².